The molecule has 0 unspecified atom stereocenters. The van der Waals surface area contributed by atoms with Crippen LogP contribution in [-0.4, -0.2) is 33.9 Å². The summed E-state index contributed by atoms with van der Waals surface area (Å²) in [5, 5.41) is 5.73. The molecule has 7 nitrogen and oxygen atoms in total. The molecule has 1 fully saturated rings. The van der Waals surface area contributed by atoms with Crippen LogP contribution in [0.2, 0.25) is 5.02 Å². The molecule has 0 atom stereocenters. The number of imide groups is 1. The minimum Gasteiger partial charge on any atom is -0.349 e. The number of urea groups is 1. The van der Waals surface area contributed by atoms with Crippen LogP contribution in [0, 0.1) is 13.8 Å². The van der Waals surface area contributed by atoms with E-state index in [9.17, 15) is 14.4 Å². The number of hydrogen-bond donors (Lipinski definition) is 2. The van der Waals surface area contributed by atoms with E-state index in [1.807, 2.05) is 26.8 Å². The molecule has 2 N–H and O–H groups in total. The lowest BCUT2D eigenvalue weighted by atomic mass is 10.2. The van der Waals surface area contributed by atoms with Gasteiger partial charge in [0.25, 0.3) is 5.91 Å². The summed E-state index contributed by atoms with van der Waals surface area (Å²) >= 11 is 5.81. The summed E-state index contributed by atoms with van der Waals surface area (Å²) in [6, 6.07) is 7.90. The lowest BCUT2D eigenvalue weighted by Gasteiger charge is -2.12. The van der Waals surface area contributed by atoms with E-state index in [2.05, 4.69) is 15.2 Å². The van der Waals surface area contributed by atoms with Gasteiger partial charge < -0.3 is 15.2 Å². The molecule has 1 aliphatic heterocycles. The Morgan fingerprint density at radius 2 is 1.89 bits per heavy atom. The molecule has 146 valence electrons. The largest absolute Gasteiger partial charge is 0.349 e. The molecule has 8 heteroatoms. The highest BCUT2D eigenvalue weighted by Crippen LogP contribution is 2.20. The van der Waals surface area contributed by atoms with Gasteiger partial charge in [0.2, 0.25) is 5.91 Å². The second-order valence-electron chi connectivity index (χ2n) is 6.51. The Morgan fingerprint density at radius 1 is 1.21 bits per heavy atom. The van der Waals surface area contributed by atoms with Gasteiger partial charge in [-0.1, -0.05) is 11.6 Å². The van der Waals surface area contributed by atoms with Crippen LogP contribution in [-0.2, 0) is 16.1 Å². The van der Waals surface area contributed by atoms with Crippen LogP contribution >= 0.6 is 11.6 Å². The zero-order chi connectivity index (χ0) is 20.4. The number of amides is 4. The normalized spacial score (nSPS) is 15.3. The van der Waals surface area contributed by atoms with E-state index in [4.69, 9.17) is 11.6 Å². The number of benzene rings is 1. The number of nitrogens with one attached hydrogen (secondary N) is 2. The summed E-state index contributed by atoms with van der Waals surface area (Å²) in [6.45, 7) is 6.43. The average Bonchev–Trinajstić information content (AvgIpc) is 3.06. The highest BCUT2D eigenvalue weighted by atomic mass is 35.5. The maximum Gasteiger partial charge on any atom is 0.329 e. The van der Waals surface area contributed by atoms with Gasteiger partial charge in [-0.2, -0.15) is 0 Å². The van der Waals surface area contributed by atoms with Crippen molar-refractivity contribution < 1.29 is 14.4 Å². The van der Waals surface area contributed by atoms with E-state index in [-0.39, 0.29) is 12.2 Å². The Bertz CT molecular complexity index is 976. The minimum atomic E-state index is -0.619. The molecule has 0 radical (unpaired) electrons. The lowest BCUT2D eigenvalue weighted by molar-refractivity contribution is -0.127. The second kappa shape index (κ2) is 7.90. The molecule has 2 heterocycles. The topological polar surface area (TPSA) is 83.4 Å². The van der Waals surface area contributed by atoms with E-state index in [1.54, 1.807) is 30.3 Å². The smallest absolute Gasteiger partial charge is 0.329 e. The SMILES string of the molecule is CCn1c(C)cc(/C=C2/NC(=O)N(CC(=O)Nc3ccc(Cl)cc3)C2=O)c1C. The molecular formula is C20H21ClN4O3. The van der Waals surface area contributed by atoms with E-state index < -0.39 is 17.8 Å². The molecule has 1 aromatic carbocycles. The zero-order valence-corrected chi connectivity index (χ0v) is 16.6. The summed E-state index contributed by atoms with van der Waals surface area (Å²) in [4.78, 5) is 37.9. The van der Waals surface area contributed by atoms with Gasteiger partial charge in [0.05, 0.1) is 0 Å². The standard InChI is InChI=1S/C20H21ClN4O3/c1-4-24-12(2)9-14(13(24)3)10-17-19(27)25(20(28)23-17)11-18(26)22-16-7-5-15(21)6-8-16/h5-10H,4,11H2,1-3H3,(H,22,26)(H,23,28)/b17-10+. The molecule has 1 saturated heterocycles. The quantitative estimate of drug-likeness (QED) is 0.596. The van der Waals surface area contributed by atoms with Crippen LogP contribution < -0.4 is 10.6 Å². The molecule has 2 aromatic rings. The molecule has 28 heavy (non-hydrogen) atoms. The van der Waals surface area contributed by atoms with Gasteiger partial charge >= 0.3 is 6.03 Å². The number of aryl methyl sites for hydroxylation is 1. The number of hydrogen-bond acceptors (Lipinski definition) is 3. The number of carbonyl (C=O) groups excluding carboxylic acids is 3. The Labute approximate surface area is 168 Å². The minimum absolute atomic E-state index is 0.153. The predicted octanol–water partition coefficient (Wildman–Crippen LogP) is 3.31. The molecule has 1 aromatic heterocycles. The number of halogens is 1. The summed E-state index contributed by atoms with van der Waals surface area (Å²) in [6.07, 6.45) is 1.64. The van der Waals surface area contributed by atoms with Crippen LogP contribution in [0.25, 0.3) is 6.08 Å². The molecule has 0 aliphatic carbocycles. The first-order valence-electron chi connectivity index (χ1n) is 8.86. The summed E-state index contributed by atoms with van der Waals surface area (Å²) < 4.78 is 2.12. The number of rotatable bonds is 5. The van der Waals surface area contributed by atoms with Gasteiger partial charge in [-0.25, -0.2) is 9.69 Å². The van der Waals surface area contributed by atoms with Crippen molar-refractivity contribution in [1.29, 1.82) is 0 Å². The third-order valence-corrected chi connectivity index (χ3v) is 4.87. The average molecular weight is 401 g/mol. The summed E-state index contributed by atoms with van der Waals surface area (Å²) in [5.74, 6) is -1.01. The van der Waals surface area contributed by atoms with E-state index in [0.29, 0.717) is 10.7 Å². The number of anilines is 1. The van der Waals surface area contributed by atoms with E-state index in [0.717, 1.165) is 28.4 Å². The fourth-order valence-corrected chi connectivity index (χ4v) is 3.33. The fourth-order valence-electron chi connectivity index (χ4n) is 3.21. The Kier molecular flexibility index (Phi) is 5.56. The van der Waals surface area contributed by atoms with Crippen LogP contribution in [0.4, 0.5) is 10.5 Å². The zero-order valence-electron chi connectivity index (χ0n) is 15.9. The first-order chi connectivity index (χ1) is 13.3. The Morgan fingerprint density at radius 3 is 2.50 bits per heavy atom. The van der Waals surface area contributed by atoms with Gasteiger partial charge in [0.1, 0.15) is 12.2 Å². The Hall–Kier alpha value is -3.06. The molecular weight excluding hydrogens is 380 g/mol. The second-order valence-corrected chi connectivity index (χ2v) is 6.94. The Balaban J connectivity index is 1.73. The predicted molar refractivity (Wildman–Crippen MR) is 108 cm³/mol. The molecule has 0 spiro atoms. The van der Waals surface area contributed by atoms with Gasteiger partial charge in [-0.3, -0.25) is 9.59 Å². The highest BCUT2D eigenvalue weighted by molar-refractivity contribution is 6.30. The maximum absolute atomic E-state index is 12.6. The number of nitrogens with zero attached hydrogens (tertiary/aromatic N) is 2. The van der Waals surface area contributed by atoms with Gasteiger partial charge in [-0.05, 0) is 62.7 Å². The van der Waals surface area contributed by atoms with Crippen LogP contribution in [0.3, 0.4) is 0 Å². The molecule has 0 bridgehead atoms. The maximum atomic E-state index is 12.6. The third-order valence-electron chi connectivity index (χ3n) is 4.62. The van der Waals surface area contributed by atoms with Gasteiger partial charge in [0, 0.05) is 28.6 Å². The fraction of sp³-hybridized carbons (Fsp3) is 0.250. The number of carbonyl (C=O) groups is 3. The van der Waals surface area contributed by atoms with Crippen molar-refractivity contribution in [2.24, 2.45) is 0 Å². The van der Waals surface area contributed by atoms with Crippen molar-refractivity contribution in [3.05, 3.63) is 58.0 Å². The molecule has 4 amide bonds. The van der Waals surface area contributed by atoms with Crippen molar-refractivity contribution in [2.45, 2.75) is 27.3 Å². The van der Waals surface area contributed by atoms with Crippen LogP contribution in [0.15, 0.2) is 36.0 Å². The van der Waals surface area contributed by atoms with Crippen LogP contribution in [0.5, 0.6) is 0 Å². The highest BCUT2D eigenvalue weighted by Gasteiger charge is 2.35. The van der Waals surface area contributed by atoms with Crippen LogP contribution in [0.1, 0.15) is 23.9 Å². The van der Waals surface area contributed by atoms with Gasteiger partial charge in [0.15, 0.2) is 0 Å². The third kappa shape index (κ3) is 3.94. The van der Waals surface area contributed by atoms with Crippen molar-refractivity contribution in [1.82, 2.24) is 14.8 Å². The molecule has 0 saturated carbocycles. The van der Waals surface area contributed by atoms with Crippen molar-refractivity contribution in [3.63, 3.8) is 0 Å². The van der Waals surface area contributed by atoms with Crippen molar-refractivity contribution in [3.8, 4) is 0 Å². The summed E-state index contributed by atoms with van der Waals surface area (Å²) in [5.41, 5.74) is 3.62. The molecule has 1 aliphatic rings. The van der Waals surface area contributed by atoms with Gasteiger partial charge in [-0.15, -0.1) is 0 Å². The first-order valence-corrected chi connectivity index (χ1v) is 9.24. The lowest BCUT2D eigenvalue weighted by Crippen LogP contribution is -2.38. The number of aromatic nitrogens is 1. The summed E-state index contributed by atoms with van der Waals surface area (Å²) in [7, 11) is 0. The van der Waals surface area contributed by atoms with Crippen molar-refractivity contribution >= 4 is 41.2 Å². The van der Waals surface area contributed by atoms with Crippen molar-refractivity contribution in [2.75, 3.05) is 11.9 Å². The first kappa shape index (κ1) is 19.7. The molecule has 3 rings (SSSR count). The monoisotopic (exact) mass is 400 g/mol. The van der Waals surface area contributed by atoms with E-state index >= 15 is 0 Å². The van der Waals surface area contributed by atoms with E-state index in [1.165, 1.54) is 0 Å².